The van der Waals surface area contributed by atoms with Crippen LogP contribution in [0.15, 0.2) is 64.8 Å². The quantitative estimate of drug-likeness (QED) is 0.675. The standard InChI is InChI=1S/C22H26N4O3/c1-16(2)15-29-22(28)26-14-6-9-20(26)21(27)23-17-10-12-19(13-11-17)25-24-18-7-4-3-5-8-18/h3-5,7-8,10-13,16,20H,6,9,14-15H2,1-2H3,(H,23,27)/t20-/m1/s1. The van der Waals surface area contributed by atoms with Gasteiger partial charge in [0.25, 0.3) is 0 Å². The first-order chi connectivity index (χ1) is 14.0. The molecule has 152 valence electrons. The van der Waals surface area contributed by atoms with Gasteiger partial charge in [-0.3, -0.25) is 9.69 Å². The summed E-state index contributed by atoms with van der Waals surface area (Å²) in [5.41, 5.74) is 2.11. The van der Waals surface area contributed by atoms with Crippen LogP contribution in [0, 0.1) is 5.92 Å². The first kappa shape index (κ1) is 20.5. The van der Waals surface area contributed by atoms with Crippen LogP contribution < -0.4 is 5.32 Å². The normalized spacial score (nSPS) is 16.4. The number of amides is 2. The second-order valence-corrected chi connectivity index (χ2v) is 7.39. The molecule has 2 aromatic carbocycles. The number of hydrogen-bond donors (Lipinski definition) is 1. The van der Waals surface area contributed by atoms with E-state index in [-0.39, 0.29) is 11.8 Å². The molecular weight excluding hydrogens is 368 g/mol. The zero-order valence-corrected chi connectivity index (χ0v) is 16.7. The lowest BCUT2D eigenvalue weighted by Crippen LogP contribution is -2.43. The number of likely N-dealkylation sites (tertiary alicyclic amines) is 1. The number of nitrogens with zero attached hydrogens (tertiary/aromatic N) is 3. The van der Waals surface area contributed by atoms with Gasteiger partial charge in [0.1, 0.15) is 6.04 Å². The lowest BCUT2D eigenvalue weighted by Gasteiger charge is -2.23. The third kappa shape index (κ3) is 5.88. The van der Waals surface area contributed by atoms with Crippen molar-refractivity contribution >= 4 is 29.1 Å². The summed E-state index contributed by atoms with van der Waals surface area (Å²) in [6, 6.07) is 16.1. The zero-order valence-electron chi connectivity index (χ0n) is 16.7. The summed E-state index contributed by atoms with van der Waals surface area (Å²) >= 11 is 0. The van der Waals surface area contributed by atoms with Crippen LogP contribution in [0.3, 0.4) is 0 Å². The molecule has 0 aromatic heterocycles. The van der Waals surface area contributed by atoms with E-state index in [0.29, 0.717) is 30.9 Å². The monoisotopic (exact) mass is 394 g/mol. The molecule has 1 fully saturated rings. The highest BCUT2D eigenvalue weighted by Gasteiger charge is 2.35. The van der Waals surface area contributed by atoms with E-state index >= 15 is 0 Å². The summed E-state index contributed by atoms with van der Waals surface area (Å²) in [5, 5.41) is 11.2. The number of azo groups is 1. The molecule has 3 rings (SSSR count). The van der Waals surface area contributed by atoms with Crippen molar-refractivity contribution in [2.24, 2.45) is 16.1 Å². The van der Waals surface area contributed by atoms with Crippen LogP contribution in [0.5, 0.6) is 0 Å². The molecule has 1 aliphatic heterocycles. The molecule has 1 N–H and O–H groups in total. The van der Waals surface area contributed by atoms with Gasteiger partial charge in [-0.25, -0.2) is 4.79 Å². The predicted octanol–water partition coefficient (Wildman–Crippen LogP) is 5.30. The van der Waals surface area contributed by atoms with Crippen LogP contribution >= 0.6 is 0 Å². The van der Waals surface area contributed by atoms with E-state index in [1.54, 1.807) is 24.3 Å². The average molecular weight is 394 g/mol. The first-order valence-corrected chi connectivity index (χ1v) is 9.84. The molecular formula is C22H26N4O3. The highest BCUT2D eigenvalue weighted by Crippen LogP contribution is 2.23. The van der Waals surface area contributed by atoms with E-state index in [4.69, 9.17) is 4.74 Å². The van der Waals surface area contributed by atoms with Gasteiger partial charge < -0.3 is 10.1 Å². The number of anilines is 1. The largest absolute Gasteiger partial charge is 0.449 e. The number of hydrogen-bond acceptors (Lipinski definition) is 5. The third-order valence-electron chi connectivity index (χ3n) is 4.50. The summed E-state index contributed by atoms with van der Waals surface area (Å²) in [7, 11) is 0. The molecule has 2 amide bonds. The minimum atomic E-state index is -0.507. The Labute approximate surface area is 170 Å². The van der Waals surface area contributed by atoms with Gasteiger partial charge in [0.2, 0.25) is 5.91 Å². The molecule has 0 saturated carbocycles. The van der Waals surface area contributed by atoms with Crippen molar-refractivity contribution in [2.45, 2.75) is 32.7 Å². The van der Waals surface area contributed by atoms with Crippen LogP contribution in [0.2, 0.25) is 0 Å². The number of ether oxygens (including phenoxy) is 1. The maximum Gasteiger partial charge on any atom is 0.410 e. The maximum atomic E-state index is 12.7. The fraction of sp³-hybridized carbons (Fsp3) is 0.364. The summed E-state index contributed by atoms with van der Waals surface area (Å²) in [4.78, 5) is 26.4. The Morgan fingerprint density at radius 1 is 1.07 bits per heavy atom. The van der Waals surface area contributed by atoms with Gasteiger partial charge in [-0.2, -0.15) is 10.2 Å². The highest BCUT2D eigenvalue weighted by atomic mass is 16.6. The predicted molar refractivity (Wildman–Crippen MR) is 112 cm³/mol. The Balaban J connectivity index is 1.57. The van der Waals surface area contributed by atoms with E-state index in [9.17, 15) is 9.59 Å². The smallest absolute Gasteiger partial charge is 0.410 e. The molecule has 2 aromatic rings. The highest BCUT2D eigenvalue weighted by molar-refractivity contribution is 5.97. The molecule has 1 saturated heterocycles. The number of rotatable bonds is 6. The fourth-order valence-corrected chi connectivity index (χ4v) is 3.03. The SMILES string of the molecule is CC(C)COC(=O)N1CCC[C@@H]1C(=O)Nc1ccc(N=Nc2ccccc2)cc1. The van der Waals surface area contributed by atoms with Gasteiger partial charge in [0, 0.05) is 12.2 Å². The van der Waals surface area contributed by atoms with Gasteiger partial charge in [0.05, 0.1) is 18.0 Å². The third-order valence-corrected chi connectivity index (χ3v) is 4.50. The molecule has 29 heavy (non-hydrogen) atoms. The number of benzene rings is 2. The van der Waals surface area contributed by atoms with Gasteiger partial charge >= 0.3 is 6.09 Å². The molecule has 0 unspecified atom stereocenters. The van der Waals surface area contributed by atoms with Crippen molar-refractivity contribution in [3.05, 3.63) is 54.6 Å². The Bertz CT molecular complexity index is 850. The van der Waals surface area contributed by atoms with E-state index in [0.717, 1.165) is 12.1 Å². The Hall–Kier alpha value is -3.22. The van der Waals surface area contributed by atoms with Crippen LogP contribution in [0.4, 0.5) is 21.9 Å². The molecule has 7 nitrogen and oxygen atoms in total. The molecule has 1 atom stereocenters. The van der Waals surface area contributed by atoms with Crippen LogP contribution in [0.1, 0.15) is 26.7 Å². The van der Waals surface area contributed by atoms with Gasteiger partial charge in [-0.15, -0.1) is 0 Å². The number of nitrogens with one attached hydrogen (secondary N) is 1. The summed E-state index contributed by atoms with van der Waals surface area (Å²) in [6.45, 7) is 4.84. The van der Waals surface area contributed by atoms with Gasteiger partial charge in [-0.1, -0.05) is 32.0 Å². The minimum absolute atomic E-state index is 0.206. The average Bonchev–Trinajstić information content (AvgIpc) is 3.22. The molecule has 1 heterocycles. The van der Waals surface area contributed by atoms with Crippen molar-refractivity contribution in [3.8, 4) is 0 Å². The van der Waals surface area contributed by atoms with E-state index in [1.165, 1.54) is 4.90 Å². The van der Waals surface area contributed by atoms with Crippen molar-refractivity contribution in [1.82, 2.24) is 4.90 Å². The van der Waals surface area contributed by atoms with E-state index in [1.807, 2.05) is 44.2 Å². The van der Waals surface area contributed by atoms with Crippen molar-refractivity contribution in [2.75, 3.05) is 18.5 Å². The van der Waals surface area contributed by atoms with E-state index < -0.39 is 12.1 Å². The lowest BCUT2D eigenvalue weighted by molar-refractivity contribution is -0.120. The number of carbonyl (C=O) groups is 2. The van der Waals surface area contributed by atoms with Gasteiger partial charge in [0.15, 0.2) is 0 Å². The second kappa shape index (κ2) is 9.82. The molecule has 0 radical (unpaired) electrons. The molecule has 1 aliphatic rings. The Morgan fingerprint density at radius 2 is 1.72 bits per heavy atom. The summed E-state index contributed by atoms with van der Waals surface area (Å²) in [6.07, 6.45) is 0.993. The molecule has 0 spiro atoms. The zero-order chi connectivity index (χ0) is 20.6. The van der Waals surface area contributed by atoms with Crippen molar-refractivity contribution in [3.63, 3.8) is 0 Å². The topological polar surface area (TPSA) is 83.4 Å². The second-order valence-electron chi connectivity index (χ2n) is 7.39. The first-order valence-electron chi connectivity index (χ1n) is 9.84. The van der Waals surface area contributed by atoms with Crippen LogP contribution in [-0.4, -0.2) is 36.1 Å². The Kier molecular flexibility index (Phi) is 6.94. The fourth-order valence-electron chi connectivity index (χ4n) is 3.03. The summed E-state index contributed by atoms with van der Waals surface area (Å²) in [5.74, 6) is 0.0500. The molecule has 7 heteroatoms. The minimum Gasteiger partial charge on any atom is -0.449 e. The lowest BCUT2D eigenvalue weighted by atomic mass is 10.2. The summed E-state index contributed by atoms with van der Waals surface area (Å²) < 4.78 is 5.28. The van der Waals surface area contributed by atoms with Gasteiger partial charge in [-0.05, 0) is 55.2 Å². The van der Waals surface area contributed by atoms with Crippen LogP contribution in [-0.2, 0) is 9.53 Å². The van der Waals surface area contributed by atoms with Crippen molar-refractivity contribution < 1.29 is 14.3 Å². The maximum absolute atomic E-state index is 12.7. The molecule has 0 aliphatic carbocycles. The Morgan fingerprint density at radius 3 is 2.38 bits per heavy atom. The van der Waals surface area contributed by atoms with Crippen molar-refractivity contribution in [1.29, 1.82) is 0 Å². The number of carbonyl (C=O) groups excluding carboxylic acids is 2. The van der Waals surface area contributed by atoms with E-state index in [2.05, 4.69) is 15.5 Å². The molecule has 0 bridgehead atoms. The van der Waals surface area contributed by atoms with Crippen LogP contribution in [0.25, 0.3) is 0 Å².